The third-order valence-corrected chi connectivity index (χ3v) is 4.90. The fourth-order valence-corrected chi connectivity index (χ4v) is 3.77. The molecule has 0 fully saturated rings. The van der Waals surface area contributed by atoms with Gasteiger partial charge in [-0.05, 0) is 30.4 Å². The maximum absolute atomic E-state index is 8.24. The van der Waals surface area contributed by atoms with Gasteiger partial charge in [-0.25, -0.2) is 0 Å². The molecule has 0 aliphatic carbocycles. The third kappa shape index (κ3) is 4.46. The second-order valence-corrected chi connectivity index (χ2v) is 6.21. The quantitative estimate of drug-likeness (QED) is 0.245. The molecular formula is C14H17N5S2. The summed E-state index contributed by atoms with van der Waals surface area (Å²) in [6.07, 6.45) is 3.98. The first-order chi connectivity index (χ1) is 10.4. The van der Waals surface area contributed by atoms with Crippen LogP contribution in [0.2, 0.25) is 0 Å². The van der Waals surface area contributed by atoms with Crippen LogP contribution in [0.5, 0.6) is 0 Å². The lowest BCUT2D eigenvalue weighted by Crippen LogP contribution is -1.86. The molecule has 21 heavy (non-hydrogen) atoms. The van der Waals surface area contributed by atoms with E-state index < -0.39 is 0 Å². The fraction of sp³-hybridized carbons (Fsp3) is 0.357. The smallest absolute Gasteiger partial charge is 0.132 e. The Bertz CT molecular complexity index is 605. The molecule has 1 aromatic carbocycles. The summed E-state index contributed by atoms with van der Waals surface area (Å²) in [6, 6.07) is 10.2. The second-order valence-electron chi connectivity index (χ2n) is 4.31. The summed E-state index contributed by atoms with van der Waals surface area (Å²) >= 11 is 3.46. The number of unbranched alkanes of at least 4 members (excludes halogenated alkanes) is 1. The van der Waals surface area contributed by atoms with Gasteiger partial charge in [0.1, 0.15) is 5.03 Å². The number of hydrogen-bond acceptors (Lipinski definition) is 4. The minimum atomic E-state index is 0.573. The summed E-state index contributed by atoms with van der Waals surface area (Å²) < 4.78 is 0. The number of aromatic amines is 1. The van der Waals surface area contributed by atoms with Crippen LogP contribution in [0.1, 0.15) is 12.8 Å². The topological polar surface area (TPSA) is 77.4 Å². The summed E-state index contributed by atoms with van der Waals surface area (Å²) in [5, 5.41) is 12.1. The largest absolute Gasteiger partial charge is 0.276 e. The van der Waals surface area contributed by atoms with Gasteiger partial charge in [-0.1, -0.05) is 35.4 Å². The molecule has 1 heterocycles. The number of nitrogens with one attached hydrogen (secondary N) is 1. The van der Waals surface area contributed by atoms with Crippen LogP contribution in [0.15, 0.2) is 45.4 Å². The Labute approximate surface area is 132 Å². The molecule has 0 saturated carbocycles. The molecule has 1 aromatic heterocycles. The van der Waals surface area contributed by atoms with Crippen molar-refractivity contribution in [1.29, 1.82) is 0 Å². The summed E-state index contributed by atoms with van der Waals surface area (Å²) in [6.45, 7) is 0.573. The molecule has 5 nitrogen and oxygen atoms in total. The summed E-state index contributed by atoms with van der Waals surface area (Å²) in [7, 11) is 0. The molecular weight excluding hydrogens is 302 g/mol. The molecule has 2 aromatic rings. The predicted octanol–water partition coefficient (Wildman–Crippen LogP) is 4.98. The average molecular weight is 319 g/mol. The van der Waals surface area contributed by atoms with Crippen LogP contribution in [0, 0.1) is 0 Å². The Balaban J connectivity index is 2.03. The van der Waals surface area contributed by atoms with E-state index in [0.29, 0.717) is 6.54 Å². The number of azide groups is 1. The van der Waals surface area contributed by atoms with E-state index in [4.69, 9.17) is 5.53 Å². The van der Waals surface area contributed by atoms with E-state index >= 15 is 0 Å². The third-order valence-electron chi connectivity index (χ3n) is 2.91. The number of H-pyrrole nitrogens is 1. The maximum Gasteiger partial charge on any atom is 0.132 e. The minimum absolute atomic E-state index is 0.573. The Morgan fingerprint density at radius 3 is 2.81 bits per heavy atom. The highest BCUT2D eigenvalue weighted by atomic mass is 32.2. The Morgan fingerprint density at radius 2 is 2.10 bits per heavy atom. The first-order valence-electron chi connectivity index (χ1n) is 6.68. The van der Waals surface area contributed by atoms with Gasteiger partial charge in [0.2, 0.25) is 0 Å². The molecule has 0 atom stereocenters. The zero-order valence-electron chi connectivity index (χ0n) is 11.8. The van der Waals surface area contributed by atoms with E-state index in [2.05, 4.69) is 32.4 Å². The van der Waals surface area contributed by atoms with E-state index in [1.807, 2.05) is 36.2 Å². The van der Waals surface area contributed by atoms with Crippen LogP contribution < -0.4 is 0 Å². The number of thioether (sulfide) groups is 2. The van der Waals surface area contributed by atoms with Gasteiger partial charge < -0.3 is 0 Å². The molecule has 0 amide bonds. The Hall–Kier alpha value is -1.56. The van der Waals surface area contributed by atoms with Crippen LogP contribution in [-0.4, -0.2) is 28.8 Å². The molecule has 2 rings (SSSR count). The highest BCUT2D eigenvalue weighted by Gasteiger charge is 2.14. The summed E-state index contributed by atoms with van der Waals surface area (Å²) in [5.41, 5.74) is 10.5. The number of benzene rings is 1. The van der Waals surface area contributed by atoms with Gasteiger partial charge in [-0.15, -0.1) is 23.5 Å². The van der Waals surface area contributed by atoms with Crippen molar-refractivity contribution in [3.8, 4) is 11.3 Å². The molecule has 0 aliphatic heterocycles. The Morgan fingerprint density at radius 1 is 1.29 bits per heavy atom. The van der Waals surface area contributed by atoms with Gasteiger partial charge in [-0.2, -0.15) is 5.10 Å². The lowest BCUT2D eigenvalue weighted by atomic mass is 10.2. The molecule has 0 saturated heterocycles. The molecule has 0 bridgehead atoms. The van der Waals surface area contributed by atoms with Crippen molar-refractivity contribution < 1.29 is 0 Å². The van der Waals surface area contributed by atoms with Gasteiger partial charge in [0.05, 0.1) is 10.6 Å². The molecule has 0 spiro atoms. The van der Waals surface area contributed by atoms with Crippen molar-refractivity contribution >= 4 is 23.5 Å². The normalized spacial score (nSPS) is 10.3. The zero-order valence-corrected chi connectivity index (χ0v) is 13.5. The van der Waals surface area contributed by atoms with Crippen molar-refractivity contribution in [2.45, 2.75) is 22.8 Å². The van der Waals surface area contributed by atoms with Crippen molar-refractivity contribution in [3.05, 3.63) is 40.8 Å². The van der Waals surface area contributed by atoms with Crippen LogP contribution in [-0.2, 0) is 0 Å². The molecule has 0 aliphatic rings. The van der Waals surface area contributed by atoms with Crippen LogP contribution in [0.3, 0.4) is 0 Å². The average Bonchev–Trinajstić information content (AvgIpc) is 2.94. The maximum atomic E-state index is 8.24. The van der Waals surface area contributed by atoms with E-state index in [0.717, 1.165) is 34.9 Å². The lowest BCUT2D eigenvalue weighted by Gasteiger charge is -2.04. The minimum Gasteiger partial charge on any atom is -0.276 e. The van der Waals surface area contributed by atoms with Crippen LogP contribution >= 0.6 is 23.5 Å². The highest BCUT2D eigenvalue weighted by molar-refractivity contribution is 8.02. The number of rotatable bonds is 8. The van der Waals surface area contributed by atoms with E-state index in [1.54, 1.807) is 11.8 Å². The van der Waals surface area contributed by atoms with Gasteiger partial charge >= 0.3 is 0 Å². The van der Waals surface area contributed by atoms with Gasteiger partial charge in [0.15, 0.2) is 0 Å². The number of hydrogen-bond donors (Lipinski definition) is 1. The predicted molar refractivity (Wildman–Crippen MR) is 89.8 cm³/mol. The summed E-state index contributed by atoms with van der Waals surface area (Å²) in [5.74, 6) is 0.994. The molecule has 7 heteroatoms. The van der Waals surface area contributed by atoms with E-state index in [1.165, 1.54) is 4.90 Å². The van der Waals surface area contributed by atoms with Crippen LogP contribution in [0.25, 0.3) is 21.7 Å². The van der Waals surface area contributed by atoms with Gasteiger partial charge in [0.25, 0.3) is 0 Å². The van der Waals surface area contributed by atoms with E-state index in [9.17, 15) is 0 Å². The number of aromatic nitrogens is 2. The second kappa shape index (κ2) is 8.67. The highest BCUT2D eigenvalue weighted by Crippen LogP contribution is 2.36. The monoisotopic (exact) mass is 319 g/mol. The molecule has 1 N–H and O–H groups in total. The molecule has 0 unspecified atom stereocenters. The van der Waals surface area contributed by atoms with E-state index in [-0.39, 0.29) is 0 Å². The van der Waals surface area contributed by atoms with Crippen LogP contribution in [0.4, 0.5) is 0 Å². The fourth-order valence-electron chi connectivity index (χ4n) is 1.89. The van der Waals surface area contributed by atoms with Gasteiger partial charge in [-0.3, -0.25) is 5.10 Å². The summed E-state index contributed by atoms with van der Waals surface area (Å²) in [4.78, 5) is 3.97. The van der Waals surface area contributed by atoms with Crippen molar-refractivity contribution in [2.24, 2.45) is 5.11 Å². The molecule has 110 valence electrons. The standard InChI is InChI=1S/C14H17N5S2/c1-20-14-13(21-10-6-5-9-16-19-15)12(17-18-14)11-7-3-2-4-8-11/h2-4,7-8H,5-6,9-10H2,1H3,(H,17,18). The van der Waals surface area contributed by atoms with Crippen molar-refractivity contribution in [2.75, 3.05) is 18.6 Å². The zero-order chi connectivity index (χ0) is 14.9. The lowest BCUT2D eigenvalue weighted by molar-refractivity contribution is 0.809. The van der Waals surface area contributed by atoms with Gasteiger partial charge in [0, 0.05) is 17.0 Å². The molecule has 0 radical (unpaired) electrons. The Kier molecular flexibility index (Phi) is 6.53. The van der Waals surface area contributed by atoms with Crippen molar-refractivity contribution in [3.63, 3.8) is 0 Å². The van der Waals surface area contributed by atoms with Crippen molar-refractivity contribution in [1.82, 2.24) is 10.2 Å². The first-order valence-corrected chi connectivity index (χ1v) is 8.89. The SMILES string of the molecule is CSc1n[nH]c(-c2ccccc2)c1SCCCCN=[N+]=[N-]. The number of nitrogens with zero attached hydrogens (tertiary/aromatic N) is 4. The first kappa shape index (κ1) is 15.8.